The minimum atomic E-state index is -0.512. The first-order valence-electron chi connectivity index (χ1n) is 7.25. The van der Waals surface area contributed by atoms with E-state index in [-0.39, 0.29) is 18.8 Å². The van der Waals surface area contributed by atoms with E-state index >= 15 is 0 Å². The van der Waals surface area contributed by atoms with Crippen LogP contribution in [-0.2, 0) is 0 Å². The monoisotopic (exact) mass is 330 g/mol. The van der Waals surface area contributed by atoms with E-state index in [4.69, 9.17) is 4.74 Å². The van der Waals surface area contributed by atoms with Gasteiger partial charge in [0, 0.05) is 6.07 Å². The van der Waals surface area contributed by atoms with E-state index in [1.165, 1.54) is 12.1 Å². The minimum Gasteiger partial charge on any atom is -0.475 e. The Morgan fingerprint density at radius 1 is 1.25 bits per heavy atom. The molecular formula is C15H15FN6O2. The lowest BCUT2D eigenvalue weighted by Gasteiger charge is -2.09. The maximum Gasteiger partial charge on any atom is 0.319 e. The second kappa shape index (κ2) is 6.90. The summed E-state index contributed by atoms with van der Waals surface area (Å²) in [4.78, 5) is 11.7. The van der Waals surface area contributed by atoms with Crippen molar-refractivity contribution >= 4 is 17.4 Å². The standard InChI is InChI=1S/C15H15FN6O2/c1-10-19-20-13-6-7-14(21-22(10)13)24-9-8-17-15(23)18-12-5-3-2-4-11(12)16/h2-7H,8-9H2,1H3,(H2,17,18,23). The van der Waals surface area contributed by atoms with Crippen molar-refractivity contribution < 1.29 is 13.9 Å². The molecule has 3 aromatic rings. The second-order valence-corrected chi connectivity index (χ2v) is 4.90. The summed E-state index contributed by atoms with van der Waals surface area (Å²) in [6.07, 6.45) is 0. The Labute approximate surface area is 136 Å². The number of carbonyl (C=O) groups excluding carboxylic acids is 1. The van der Waals surface area contributed by atoms with Gasteiger partial charge in [0.15, 0.2) is 11.5 Å². The molecule has 2 amide bonds. The molecule has 0 aliphatic heterocycles. The molecule has 0 unspecified atom stereocenters. The molecule has 0 saturated heterocycles. The number of halogens is 1. The van der Waals surface area contributed by atoms with Crippen LogP contribution in [0.4, 0.5) is 14.9 Å². The average Bonchev–Trinajstić information content (AvgIpc) is 2.95. The van der Waals surface area contributed by atoms with Crippen LogP contribution in [0, 0.1) is 12.7 Å². The lowest BCUT2D eigenvalue weighted by molar-refractivity contribution is 0.246. The maximum absolute atomic E-state index is 13.4. The van der Waals surface area contributed by atoms with Crippen molar-refractivity contribution in [1.82, 2.24) is 25.1 Å². The van der Waals surface area contributed by atoms with Crippen LogP contribution in [-0.4, -0.2) is 39.0 Å². The lowest BCUT2D eigenvalue weighted by atomic mass is 10.3. The number of aromatic nitrogens is 4. The van der Waals surface area contributed by atoms with E-state index in [1.807, 2.05) is 0 Å². The molecule has 9 heteroatoms. The molecule has 0 saturated carbocycles. The molecule has 0 spiro atoms. The van der Waals surface area contributed by atoms with Gasteiger partial charge in [0.2, 0.25) is 5.88 Å². The summed E-state index contributed by atoms with van der Waals surface area (Å²) in [5.74, 6) is 0.547. The van der Waals surface area contributed by atoms with E-state index in [0.717, 1.165) is 0 Å². The number of nitrogens with one attached hydrogen (secondary N) is 2. The number of aryl methyl sites for hydroxylation is 1. The van der Waals surface area contributed by atoms with Crippen molar-refractivity contribution in [3.05, 3.63) is 48.0 Å². The van der Waals surface area contributed by atoms with E-state index in [2.05, 4.69) is 25.9 Å². The first kappa shape index (κ1) is 15.7. The molecule has 0 radical (unpaired) electrons. The zero-order valence-electron chi connectivity index (χ0n) is 12.9. The number of carbonyl (C=O) groups is 1. The van der Waals surface area contributed by atoms with Crippen molar-refractivity contribution in [1.29, 1.82) is 0 Å². The van der Waals surface area contributed by atoms with E-state index in [9.17, 15) is 9.18 Å². The van der Waals surface area contributed by atoms with E-state index < -0.39 is 11.8 Å². The summed E-state index contributed by atoms with van der Waals surface area (Å²) < 4.78 is 20.4. The summed E-state index contributed by atoms with van der Waals surface area (Å²) in [5.41, 5.74) is 0.744. The number of ether oxygens (including phenoxy) is 1. The molecule has 2 heterocycles. The summed E-state index contributed by atoms with van der Waals surface area (Å²) in [7, 11) is 0. The Kier molecular flexibility index (Phi) is 4.50. The maximum atomic E-state index is 13.4. The smallest absolute Gasteiger partial charge is 0.319 e. The molecule has 124 valence electrons. The molecule has 2 N–H and O–H groups in total. The van der Waals surface area contributed by atoms with Crippen LogP contribution in [0.15, 0.2) is 36.4 Å². The molecule has 0 aliphatic rings. The number of para-hydroxylation sites is 1. The number of hydrogen-bond donors (Lipinski definition) is 2. The Bertz CT molecular complexity index is 866. The van der Waals surface area contributed by atoms with Gasteiger partial charge in [-0.1, -0.05) is 12.1 Å². The van der Waals surface area contributed by atoms with Crippen molar-refractivity contribution in [2.24, 2.45) is 0 Å². The van der Waals surface area contributed by atoms with Crippen LogP contribution >= 0.6 is 0 Å². The number of nitrogens with zero attached hydrogens (tertiary/aromatic N) is 4. The molecule has 2 aromatic heterocycles. The summed E-state index contributed by atoms with van der Waals surface area (Å²) in [6.45, 7) is 2.23. The molecule has 1 aromatic carbocycles. The number of rotatable bonds is 5. The van der Waals surface area contributed by atoms with Crippen LogP contribution in [0.2, 0.25) is 0 Å². The van der Waals surface area contributed by atoms with Crippen LogP contribution in [0.25, 0.3) is 5.65 Å². The highest BCUT2D eigenvalue weighted by molar-refractivity contribution is 5.89. The second-order valence-electron chi connectivity index (χ2n) is 4.90. The zero-order valence-corrected chi connectivity index (χ0v) is 12.9. The molecule has 8 nitrogen and oxygen atoms in total. The summed E-state index contributed by atoms with van der Waals surface area (Å²) >= 11 is 0. The third kappa shape index (κ3) is 3.57. The van der Waals surface area contributed by atoms with Gasteiger partial charge in [-0.25, -0.2) is 9.18 Å². The van der Waals surface area contributed by atoms with Gasteiger partial charge in [-0.2, -0.15) is 4.52 Å². The predicted molar refractivity (Wildman–Crippen MR) is 84.4 cm³/mol. The summed E-state index contributed by atoms with van der Waals surface area (Å²) in [5, 5.41) is 17.0. The molecule has 24 heavy (non-hydrogen) atoms. The first-order chi connectivity index (χ1) is 11.6. The quantitative estimate of drug-likeness (QED) is 0.696. The molecule has 0 fully saturated rings. The Balaban J connectivity index is 1.46. The zero-order chi connectivity index (χ0) is 16.9. The molecule has 0 aliphatic carbocycles. The minimum absolute atomic E-state index is 0.117. The fourth-order valence-corrected chi connectivity index (χ4v) is 2.01. The van der Waals surface area contributed by atoms with Gasteiger partial charge in [0.05, 0.1) is 12.2 Å². The number of benzene rings is 1. The van der Waals surface area contributed by atoms with Gasteiger partial charge >= 0.3 is 6.03 Å². The Hall–Kier alpha value is -3.23. The van der Waals surface area contributed by atoms with E-state index in [0.29, 0.717) is 17.4 Å². The number of urea groups is 1. The van der Waals surface area contributed by atoms with Gasteiger partial charge in [-0.15, -0.1) is 15.3 Å². The number of anilines is 1. The highest BCUT2D eigenvalue weighted by Crippen LogP contribution is 2.12. The van der Waals surface area contributed by atoms with Crippen molar-refractivity contribution in [3.63, 3.8) is 0 Å². The van der Waals surface area contributed by atoms with Crippen molar-refractivity contribution in [2.45, 2.75) is 6.92 Å². The van der Waals surface area contributed by atoms with Gasteiger partial charge in [0.1, 0.15) is 12.4 Å². The SMILES string of the molecule is Cc1nnc2ccc(OCCNC(=O)Nc3ccccc3F)nn12. The van der Waals surface area contributed by atoms with Crippen LogP contribution in [0.3, 0.4) is 0 Å². The lowest BCUT2D eigenvalue weighted by Crippen LogP contribution is -2.32. The predicted octanol–water partition coefficient (Wildman–Crippen LogP) is 1.77. The van der Waals surface area contributed by atoms with E-state index in [1.54, 1.807) is 35.7 Å². The normalized spacial score (nSPS) is 10.6. The Morgan fingerprint density at radius 3 is 2.92 bits per heavy atom. The number of hydrogen-bond acceptors (Lipinski definition) is 5. The molecule has 0 bridgehead atoms. The molecular weight excluding hydrogens is 315 g/mol. The third-order valence-electron chi connectivity index (χ3n) is 3.15. The average molecular weight is 330 g/mol. The fourth-order valence-electron chi connectivity index (χ4n) is 2.01. The van der Waals surface area contributed by atoms with Crippen LogP contribution in [0.1, 0.15) is 5.82 Å². The van der Waals surface area contributed by atoms with Crippen molar-refractivity contribution in [3.8, 4) is 5.88 Å². The largest absolute Gasteiger partial charge is 0.475 e. The van der Waals surface area contributed by atoms with Crippen molar-refractivity contribution in [2.75, 3.05) is 18.5 Å². The topological polar surface area (TPSA) is 93.4 Å². The Morgan fingerprint density at radius 2 is 2.08 bits per heavy atom. The summed E-state index contributed by atoms with van der Waals surface area (Å²) in [6, 6.07) is 8.83. The highest BCUT2D eigenvalue weighted by atomic mass is 19.1. The third-order valence-corrected chi connectivity index (χ3v) is 3.15. The van der Waals surface area contributed by atoms with Gasteiger partial charge in [-0.3, -0.25) is 0 Å². The molecule has 0 atom stereocenters. The van der Waals surface area contributed by atoms with Gasteiger partial charge < -0.3 is 15.4 Å². The van der Waals surface area contributed by atoms with Crippen LogP contribution < -0.4 is 15.4 Å². The first-order valence-corrected chi connectivity index (χ1v) is 7.25. The van der Waals surface area contributed by atoms with Crippen LogP contribution in [0.5, 0.6) is 5.88 Å². The number of amides is 2. The van der Waals surface area contributed by atoms with Gasteiger partial charge in [-0.05, 0) is 25.1 Å². The molecule has 3 rings (SSSR count). The number of fused-ring (bicyclic) bond motifs is 1. The fraction of sp³-hybridized carbons (Fsp3) is 0.200. The highest BCUT2D eigenvalue weighted by Gasteiger charge is 2.06. The van der Waals surface area contributed by atoms with Gasteiger partial charge in [0.25, 0.3) is 0 Å².